The molecule has 0 spiro atoms. The summed E-state index contributed by atoms with van der Waals surface area (Å²) in [6.45, 7) is 0. The lowest BCUT2D eigenvalue weighted by Gasteiger charge is -1.96. The summed E-state index contributed by atoms with van der Waals surface area (Å²) in [5.41, 5.74) is 0.640. The lowest BCUT2D eigenvalue weighted by atomic mass is 10.2. The molecule has 0 aliphatic heterocycles. The molecule has 0 radical (unpaired) electrons. The zero-order valence-electron chi connectivity index (χ0n) is 9.60. The molecule has 0 heterocycles. The van der Waals surface area contributed by atoms with Crippen molar-refractivity contribution < 1.29 is 8.42 Å². The van der Waals surface area contributed by atoms with Crippen molar-refractivity contribution in [2.75, 3.05) is 0 Å². The van der Waals surface area contributed by atoms with E-state index in [1.807, 2.05) is 0 Å². The normalized spacial score (nSPS) is 10.6. The average molecular weight is 356 g/mol. The van der Waals surface area contributed by atoms with Gasteiger partial charge in [-0.05, 0) is 54.5 Å². The van der Waals surface area contributed by atoms with Crippen LogP contribution in [0.25, 0.3) is 0 Å². The van der Waals surface area contributed by atoms with Crippen LogP contribution in [-0.2, 0) is 9.84 Å². The minimum absolute atomic E-state index is 0.140. The van der Waals surface area contributed by atoms with Gasteiger partial charge in [-0.25, -0.2) is 8.42 Å². The van der Waals surface area contributed by atoms with Gasteiger partial charge in [0.2, 0.25) is 9.84 Å². The molecular weight excluding hydrogens is 348 g/mol. The van der Waals surface area contributed by atoms with Crippen LogP contribution in [0.15, 0.2) is 57.9 Å². The smallest absolute Gasteiger partial charge is 0.210 e. The Morgan fingerprint density at radius 3 is 2.11 bits per heavy atom. The molecule has 96 valence electrons. The van der Waals surface area contributed by atoms with E-state index in [1.165, 1.54) is 24.3 Å². The number of hydrogen-bond donors (Lipinski definition) is 0. The molecule has 0 atom stereocenters. The first-order chi connectivity index (χ1) is 8.97. The van der Waals surface area contributed by atoms with Gasteiger partial charge in [0.25, 0.3) is 0 Å². The van der Waals surface area contributed by atoms with Crippen LogP contribution in [0, 0.1) is 11.2 Å². The van der Waals surface area contributed by atoms with Gasteiger partial charge >= 0.3 is 0 Å². The fourth-order valence-corrected chi connectivity index (χ4v) is 2.59. The van der Waals surface area contributed by atoms with Crippen molar-refractivity contribution in [2.24, 2.45) is 0 Å². The highest BCUT2D eigenvalue weighted by molar-refractivity contribution is 9.10. The molecule has 2 nitrogen and oxygen atoms in total. The van der Waals surface area contributed by atoms with Gasteiger partial charge in [-0.2, -0.15) is 0 Å². The Labute approximate surface area is 125 Å². The lowest BCUT2D eigenvalue weighted by Crippen LogP contribution is -1.96. The van der Waals surface area contributed by atoms with Crippen LogP contribution in [0.5, 0.6) is 0 Å². The van der Waals surface area contributed by atoms with E-state index in [0.29, 0.717) is 10.6 Å². The first kappa shape index (κ1) is 14.1. The molecule has 2 aromatic rings. The van der Waals surface area contributed by atoms with Crippen molar-refractivity contribution in [3.05, 3.63) is 63.6 Å². The largest absolute Gasteiger partial charge is 0.245 e. The predicted molar refractivity (Wildman–Crippen MR) is 79.7 cm³/mol. The molecule has 2 rings (SSSR count). The molecule has 0 unspecified atom stereocenters. The number of benzene rings is 2. The van der Waals surface area contributed by atoms with Crippen LogP contribution >= 0.6 is 27.5 Å². The van der Waals surface area contributed by atoms with E-state index in [1.54, 1.807) is 24.3 Å². The van der Waals surface area contributed by atoms with Crippen molar-refractivity contribution in [3.63, 3.8) is 0 Å². The van der Waals surface area contributed by atoms with E-state index < -0.39 is 9.84 Å². The van der Waals surface area contributed by atoms with Crippen molar-refractivity contribution in [1.82, 2.24) is 0 Å². The summed E-state index contributed by atoms with van der Waals surface area (Å²) in [7, 11) is -3.62. The second-order valence-corrected chi connectivity index (χ2v) is 6.73. The Morgan fingerprint density at radius 1 is 0.947 bits per heavy atom. The molecule has 0 fully saturated rings. The molecule has 0 saturated heterocycles. The summed E-state index contributed by atoms with van der Waals surface area (Å²) in [5.74, 6) is 2.63. The third kappa shape index (κ3) is 3.84. The minimum atomic E-state index is -3.62. The van der Waals surface area contributed by atoms with Gasteiger partial charge in [-0.15, -0.1) is 0 Å². The van der Waals surface area contributed by atoms with E-state index >= 15 is 0 Å². The third-order valence-corrected chi connectivity index (χ3v) is 4.34. The van der Waals surface area contributed by atoms with Crippen molar-refractivity contribution in [1.29, 1.82) is 0 Å². The highest BCUT2D eigenvalue weighted by Gasteiger charge is 2.09. The fraction of sp³-hybridized carbons (Fsp3) is 0. The predicted octanol–water partition coefficient (Wildman–Crippen LogP) is 3.89. The Kier molecular flexibility index (Phi) is 4.31. The number of hydrogen-bond acceptors (Lipinski definition) is 2. The first-order valence-electron chi connectivity index (χ1n) is 5.26. The molecule has 0 aliphatic carbocycles. The Bertz CT molecular complexity index is 739. The maximum atomic E-state index is 12.0. The fourth-order valence-electron chi connectivity index (χ4n) is 1.33. The van der Waals surface area contributed by atoms with Crippen LogP contribution in [0.1, 0.15) is 5.56 Å². The molecule has 0 aromatic heterocycles. The van der Waals surface area contributed by atoms with Gasteiger partial charge < -0.3 is 0 Å². The summed E-state index contributed by atoms with van der Waals surface area (Å²) in [6.07, 6.45) is 0. The maximum Gasteiger partial charge on any atom is 0.245 e. The van der Waals surface area contributed by atoms with E-state index in [2.05, 4.69) is 27.1 Å². The van der Waals surface area contributed by atoms with Gasteiger partial charge in [-0.3, -0.25) is 0 Å². The zero-order valence-corrected chi connectivity index (χ0v) is 12.8. The van der Waals surface area contributed by atoms with Gasteiger partial charge in [0.15, 0.2) is 0 Å². The third-order valence-electron chi connectivity index (χ3n) is 2.30. The number of rotatable bonds is 1. The highest BCUT2D eigenvalue weighted by Crippen LogP contribution is 2.15. The number of sulfone groups is 1. The Morgan fingerprint density at radius 2 is 1.53 bits per heavy atom. The van der Waals surface area contributed by atoms with Crippen LogP contribution in [0.3, 0.4) is 0 Å². The average Bonchev–Trinajstić information content (AvgIpc) is 2.39. The van der Waals surface area contributed by atoms with Crippen LogP contribution in [-0.4, -0.2) is 8.42 Å². The van der Waals surface area contributed by atoms with Gasteiger partial charge in [-0.1, -0.05) is 27.5 Å². The monoisotopic (exact) mass is 354 g/mol. The summed E-state index contributed by atoms with van der Waals surface area (Å²) in [5, 5.41) is 2.78. The summed E-state index contributed by atoms with van der Waals surface area (Å²) in [4.78, 5) is 0.140. The van der Waals surface area contributed by atoms with Crippen LogP contribution in [0.2, 0.25) is 5.02 Å². The number of halogens is 2. The molecule has 0 N–H and O–H groups in total. The highest BCUT2D eigenvalue weighted by atomic mass is 79.9. The maximum absolute atomic E-state index is 12.0. The SMILES string of the molecule is O=S(=O)(C#Cc1ccc(Br)cc1)c1ccc(Cl)cc1. The second-order valence-electron chi connectivity index (χ2n) is 3.69. The quantitative estimate of drug-likeness (QED) is 0.727. The van der Waals surface area contributed by atoms with Crippen LogP contribution < -0.4 is 0 Å². The van der Waals surface area contributed by atoms with Crippen molar-refractivity contribution in [3.8, 4) is 11.2 Å². The molecule has 0 bridgehead atoms. The Balaban J connectivity index is 2.32. The Hall–Kier alpha value is -1.28. The summed E-state index contributed by atoms with van der Waals surface area (Å²) in [6, 6.07) is 13.0. The van der Waals surface area contributed by atoms with Crippen LogP contribution in [0.4, 0.5) is 0 Å². The molecule has 2 aromatic carbocycles. The molecular formula is C14H8BrClO2S. The topological polar surface area (TPSA) is 34.1 Å². The molecule has 0 aliphatic rings. The standard InChI is InChI=1S/C14H8BrClO2S/c15-12-3-1-11(2-4-12)9-10-19(17,18)14-7-5-13(16)6-8-14/h1-8H. The molecule has 0 amide bonds. The van der Waals surface area contributed by atoms with Gasteiger partial charge in [0.05, 0.1) is 4.90 Å². The minimum Gasteiger partial charge on any atom is -0.210 e. The zero-order chi connectivity index (χ0) is 13.9. The van der Waals surface area contributed by atoms with E-state index in [9.17, 15) is 8.42 Å². The second kappa shape index (κ2) is 5.79. The van der Waals surface area contributed by atoms with Gasteiger partial charge in [0.1, 0.15) is 0 Å². The van der Waals surface area contributed by atoms with E-state index in [4.69, 9.17) is 11.6 Å². The first-order valence-corrected chi connectivity index (χ1v) is 7.92. The van der Waals surface area contributed by atoms with Gasteiger partial charge in [0, 0.05) is 20.3 Å². The summed E-state index contributed by atoms with van der Waals surface area (Å²) >= 11 is 9.01. The van der Waals surface area contributed by atoms with Crippen molar-refractivity contribution in [2.45, 2.75) is 4.90 Å². The molecule has 0 saturated carbocycles. The van der Waals surface area contributed by atoms with Crippen molar-refractivity contribution >= 4 is 37.4 Å². The lowest BCUT2D eigenvalue weighted by molar-refractivity contribution is 0.606. The molecule has 19 heavy (non-hydrogen) atoms. The summed E-state index contributed by atoms with van der Waals surface area (Å²) < 4.78 is 24.8. The van der Waals surface area contributed by atoms with E-state index in [0.717, 1.165) is 4.47 Å². The molecule has 5 heteroatoms. The van der Waals surface area contributed by atoms with E-state index in [-0.39, 0.29) is 4.90 Å².